The van der Waals surface area contributed by atoms with Gasteiger partial charge in [0.25, 0.3) is 0 Å². The molecule has 7 nitrogen and oxygen atoms in total. The second kappa shape index (κ2) is 10.7. The minimum absolute atomic E-state index is 0.0244. The van der Waals surface area contributed by atoms with Gasteiger partial charge in [0.1, 0.15) is 5.75 Å². The maximum absolute atomic E-state index is 11.6. The number of guanidine groups is 1. The number of nitrogens with one attached hydrogen (secondary N) is 3. The minimum atomic E-state index is -3.26. The molecule has 0 saturated carbocycles. The number of rotatable bonds is 9. The van der Waals surface area contributed by atoms with E-state index in [4.69, 9.17) is 4.74 Å². The number of hydrogen-bond acceptors (Lipinski definition) is 4. The van der Waals surface area contributed by atoms with Crippen molar-refractivity contribution in [2.75, 3.05) is 27.7 Å². The third-order valence-electron chi connectivity index (χ3n) is 4.25. The maximum atomic E-state index is 11.6. The monoisotopic (exact) mass is 404 g/mol. The number of sulfonamides is 1. The Kier molecular flexibility index (Phi) is 8.28. The van der Waals surface area contributed by atoms with Crippen LogP contribution in [0.2, 0.25) is 0 Å². The van der Waals surface area contributed by atoms with Gasteiger partial charge in [0, 0.05) is 20.1 Å². The van der Waals surface area contributed by atoms with Crippen LogP contribution in [0.3, 0.4) is 0 Å². The van der Waals surface area contributed by atoms with Gasteiger partial charge in [0.05, 0.1) is 12.9 Å². The van der Waals surface area contributed by atoms with Crippen LogP contribution >= 0.6 is 0 Å². The van der Waals surface area contributed by atoms with Crippen molar-refractivity contribution in [1.29, 1.82) is 0 Å². The molecule has 28 heavy (non-hydrogen) atoms. The molecule has 0 atom stereocenters. The molecule has 152 valence electrons. The van der Waals surface area contributed by atoms with Crippen LogP contribution in [0.1, 0.15) is 16.7 Å². The first kappa shape index (κ1) is 21.7. The summed E-state index contributed by atoms with van der Waals surface area (Å²) in [7, 11) is 1.56. The summed E-state index contributed by atoms with van der Waals surface area (Å²) in [6, 6.07) is 15.4. The van der Waals surface area contributed by atoms with Crippen LogP contribution in [0, 0.1) is 0 Å². The minimum Gasteiger partial charge on any atom is -0.496 e. The number of para-hydroxylation sites is 1. The molecule has 0 aromatic heterocycles. The zero-order valence-corrected chi connectivity index (χ0v) is 17.3. The van der Waals surface area contributed by atoms with Gasteiger partial charge in [-0.25, -0.2) is 13.1 Å². The largest absolute Gasteiger partial charge is 0.496 e. The molecule has 2 aromatic carbocycles. The SMILES string of the molecule is CN=C(NCCc1ccccc1OC)NCc1ccc(CS(=O)(=O)NC)cc1. The van der Waals surface area contributed by atoms with Crippen LogP contribution in [0.5, 0.6) is 5.75 Å². The number of methoxy groups -OCH3 is 1. The molecular formula is C20H28N4O3S. The van der Waals surface area contributed by atoms with Crippen LogP contribution < -0.4 is 20.1 Å². The van der Waals surface area contributed by atoms with E-state index in [1.165, 1.54) is 7.05 Å². The van der Waals surface area contributed by atoms with E-state index in [1.807, 2.05) is 48.5 Å². The number of nitrogens with zero attached hydrogens (tertiary/aromatic N) is 1. The fourth-order valence-electron chi connectivity index (χ4n) is 2.68. The highest BCUT2D eigenvalue weighted by Crippen LogP contribution is 2.17. The van der Waals surface area contributed by atoms with E-state index in [0.717, 1.165) is 35.4 Å². The lowest BCUT2D eigenvalue weighted by Gasteiger charge is -2.13. The normalized spacial score (nSPS) is 11.9. The molecule has 0 unspecified atom stereocenters. The summed E-state index contributed by atoms with van der Waals surface area (Å²) in [6.45, 7) is 1.31. The molecular weight excluding hydrogens is 376 g/mol. The summed E-state index contributed by atoms with van der Waals surface area (Å²) in [5.74, 6) is 1.56. The molecule has 3 N–H and O–H groups in total. The van der Waals surface area contributed by atoms with Gasteiger partial charge in [-0.15, -0.1) is 0 Å². The molecule has 0 aliphatic rings. The van der Waals surface area contributed by atoms with Crippen LogP contribution in [0.25, 0.3) is 0 Å². The number of benzene rings is 2. The highest BCUT2D eigenvalue weighted by atomic mass is 32.2. The van der Waals surface area contributed by atoms with E-state index >= 15 is 0 Å². The van der Waals surface area contributed by atoms with Crippen molar-refractivity contribution in [2.45, 2.75) is 18.7 Å². The summed E-state index contributed by atoms with van der Waals surface area (Å²) in [4.78, 5) is 4.23. The van der Waals surface area contributed by atoms with Gasteiger partial charge >= 0.3 is 0 Å². The average Bonchev–Trinajstić information content (AvgIpc) is 2.71. The van der Waals surface area contributed by atoms with Gasteiger partial charge < -0.3 is 15.4 Å². The Labute approximate surface area is 167 Å². The molecule has 2 aromatic rings. The lowest BCUT2D eigenvalue weighted by molar-refractivity contribution is 0.409. The molecule has 0 bridgehead atoms. The molecule has 0 spiro atoms. The molecule has 0 amide bonds. The third-order valence-corrected chi connectivity index (χ3v) is 5.59. The van der Waals surface area contributed by atoms with Crippen LogP contribution in [-0.2, 0) is 28.7 Å². The summed E-state index contributed by atoms with van der Waals surface area (Å²) >= 11 is 0. The highest BCUT2D eigenvalue weighted by molar-refractivity contribution is 7.88. The van der Waals surface area contributed by atoms with Crippen LogP contribution in [0.4, 0.5) is 0 Å². The first-order valence-electron chi connectivity index (χ1n) is 9.03. The summed E-state index contributed by atoms with van der Waals surface area (Å²) in [5, 5.41) is 6.54. The van der Waals surface area contributed by atoms with E-state index in [2.05, 4.69) is 20.3 Å². The van der Waals surface area contributed by atoms with Crippen molar-refractivity contribution >= 4 is 16.0 Å². The zero-order chi connectivity index (χ0) is 20.4. The molecule has 0 radical (unpaired) electrons. The van der Waals surface area contributed by atoms with Crippen molar-refractivity contribution in [3.63, 3.8) is 0 Å². The second-order valence-corrected chi connectivity index (χ2v) is 8.12. The quantitative estimate of drug-likeness (QED) is 0.437. The highest BCUT2D eigenvalue weighted by Gasteiger charge is 2.08. The molecule has 0 heterocycles. The predicted octanol–water partition coefficient (Wildman–Crippen LogP) is 1.65. The Morgan fingerprint density at radius 1 is 1.04 bits per heavy atom. The Morgan fingerprint density at radius 2 is 1.71 bits per heavy atom. The number of aliphatic imine (C=N–C) groups is 1. The van der Waals surface area contributed by atoms with E-state index in [1.54, 1.807) is 14.2 Å². The van der Waals surface area contributed by atoms with Gasteiger partial charge in [-0.3, -0.25) is 4.99 Å². The molecule has 0 fully saturated rings. The molecule has 0 aliphatic carbocycles. The summed E-state index contributed by atoms with van der Waals surface area (Å²) in [6.07, 6.45) is 0.819. The van der Waals surface area contributed by atoms with E-state index in [9.17, 15) is 8.42 Å². The fourth-order valence-corrected chi connectivity index (χ4v) is 3.45. The molecule has 0 saturated heterocycles. The Morgan fingerprint density at radius 3 is 2.36 bits per heavy atom. The van der Waals surface area contributed by atoms with Crippen LogP contribution in [-0.4, -0.2) is 42.1 Å². The Hall–Kier alpha value is -2.58. The zero-order valence-electron chi connectivity index (χ0n) is 16.5. The van der Waals surface area contributed by atoms with Crippen LogP contribution in [0.15, 0.2) is 53.5 Å². The lowest BCUT2D eigenvalue weighted by Crippen LogP contribution is -2.37. The first-order chi connectivity index (χ1) is 13.5. The number of ether oxygens (including phenoxy) is 1. The topological polar surface area (TPSA) is 91.8 Å². The van der Waals surface area contributed by atoms with Gasteiger partial charge in [0.15, 0.2) is 5.96 Å². The average molecular weight is 405 g/mol. The fraction of sp³-hybridized carbons (Fsp3) is 0.350. The van der Waals surface area contributed by atoms with E-state index < -0.39 is 10.0 Å². The van der Waals surface area contributed by atoms with E-state index in [-0.39, 0.29) is 5.75 Å². The standard InChI is InChI=1S/C20H28N4O3S/c1-21-20(23-13-12-18-6-4-5-7-19(18)27-3)24-14-16-8-10-17(11-9-16)15-28(25,26)22-2/h4-11,22H,12-15H2,1-3H3,(H2,21,23,24). The second-order valence-electron chi connectivity index (χ2n) is 6.19. The first-order valence-corrected chi connectivity index (χ1v) is 10.7. The van der Waals surface area contributed by atoms with Crippen molar-refractivity contribution in [1.82, 2.24) is 15.4 Å². The molecule has 8 heteroatoms. The van der Waals surface area contributed by atoms with Gasteiger partial charge in [0.2, 0.25) is 10.0 Å². The summed E-state index contributed by atoms with van der Waals surface area (Å²) in [5.41, 5.74) is 2.93. The Bertz CT molecular complexity index is 881. The third kappa shape index (κ3) is 6.86. The smallest absolute Gasteiger partial charge is 0.215 e. The van der Waals surface area contributed by atoms with Crippen molar-refractivity contribution < 1.29 is 13.2 Å². The summed E-state index contributed by atoms with van der Waals surface area (Å²) < 4.78 is 30.9. The lowest BCUT2D eigenvalue weighted by atomic mass is 10.1. The van der Waals surface area contributed by atoms with Gasteiger partial charge in [-0.2, -0.15) is 0 Å². The predicted molar refractivity (Wildman–Crippen MR) is 113 cm³/mol. The van der Waals surface area contributed by atoms with Crippen molar-refractivity contribution in [3.8, 4) is 5.75 Å². The Balaban J connectivity index is 1.82. The van der Waals surface area contributed by atoms with Gasteiger partial charge in [-0.1, -0.05) is 42.5 Å². The molecule has 0 aliphatic heterocycles. The number of hydrogen-bond donors (Lipinski definition) is 3. The van der Waals surface area contributed by atoms with Gasteiger partial charge in [-0.05, 0) is 36.2 Å². The molecule has 2 rings (SSSR count). The van der Waals surface area contributed by atoms with Crippen molar-refractivity contribution in [3.05, 3.63) is 65.2 Å². The maximum Gasteiger partial charge on any atom is 0.215 e. The van der Waals surface area contributed by atoms with Crippen molar-refractivity contribution in [2.24, 2.45) is 4.99 Å². The van der Waals surface area contributed by atoms with E-state index in [0.29, 0.717) is 12.5 Å².